The van der Waals surface area contributed by atoms with Gasteiger partial charge in [0.25, 0.3) is 5.91 Å². The maximum absolute atomic E-state index is 12.7. The van der Waals surface area contributed by atoms with Gasteiger partial charge in [-0.1, -0.05) is 6.07 Å². The number of hydrogen-bond acceptors (Lipinski definition) is 3. The van der Waals surface area contributed by atoms with Gasteiger partial charge in [-0.15, -0.1) is 12.4 Å². The Kier molecular flexibility index (Phi) is 4.26. The van der Waals surface area contributed by atoms with Crippen molar-refractivity contribution in [3.8, 4) is 5.75 Å². The van der Waals surface area contributed by atoms with Crippen LogP contribution in [0.5, 0.6) is 5.75 Å². The van der Waals surface area contributed by atoms with Gasteiger partial charge in [-0.2, -0.15) is 0 Å². The third-order valence-electron chi connectivity index (χ3n) is 4.55. The Morgan fingerprint density at radius 2 is 2.22 bits per heavy atom. The Labute approximate surface area is 141 Å². The summed E-state index contributed by atoms with van der Waals surface area (Å²) in [7, 11) is 0. The molecule has 1 amide bonds. The molecule has 0 spiro atoms. The van der Waals surface area contributed by atoms with Gasteiger partial charge in [0.2, 0.25) is 0 Å². The number of fused-ring (bicyclic) bond motifs is 4. The van der Waals surface area contributed by atoms with Crippen LogP contribution in [0.15, 0.2) is 36.5 Å². The zero-order valence-electron chi connectivity index (χ0n) is 13.0. The van der Waals surface area contributed by atoms with E-state index in [1.807, 2.05) is 30.0 Å². The maximum Gasteiger partial charge on any atom is 0.256 e. The summed E-state index contributed by atoms with van der Waals surface area (Å²) in [4.78, 5) is 19.1. The van der Waals surface area contributed by atoms with Crippen LogP contribution in [0.4, 0.5) is 0 Å². The number of carbonyl (C=O) groups is 1. The second-order valence-electron chi connectivity index (χ2n) is 5.76. The van der Waals surface area contributed by atoms with Gasteiger partial charge in [0.05, 0.1) is 23.9 Å². The fraction of sp³-hybridized carbons (Fsp3) is 0.333. The molecule has 2 aliphatic heterocycles. The van der Waals surface area contributed by atoms with Crippen molar-refractivity contribution in [3.63, 3.8) is 0 Å². The number of nitrogens with zero attached hydrogens (tertiary/aromatic N) is 2. The second-order valence-corrected chi connectivity index (χ2v) is 5.76. The number of rotatable bonds is 2. The predicted octanol–water partition coefficient (Wildman–Crippen LogP) is 3.20. The van der Waals surface area contributed by atoms with Crippen molar-refractivity contribution in [2.45, 2.75) is 25.8 Å². The molecule has 1 atom stereocenters. The van der Waals surface area contributed by atoms with Gasteiger partial charge in [0, 0.05) is 19.2 Å². The Balaban J connectivity index is 0.00000156. The monoisotopic (exact) mass is 330 g/mol. The highest BCUT2D eigenvalue weighted by Crippen LogP contribution is 2.38. The smallest absolute Gasteiger partial charge is 0.256 e. The lowest BCUT2D eigenvalue weighted by atomic mass is 9.85. The van der Waals surface area contributed by atoms with Crippen molar-refractivity contribution < 1.29 is 9.53 Å². The summed E-state index contributed by atoms with van der Waals surface area (Å²) >= 11 is 0. The molecule has 4 nitrogen and oxygen atoms in total. The van der Waals surface area contributed by atoms with Crippen LogP contribution < -0.4 is 4.74 Å². The number of amides is 1. The van der Waals surface area contributed by atoms with Crippen LogP contribution in [0.2, 0.25) is 0 Å². The molecular weight excluding hydrogens is 312 g/mol. The normalized spacial score (nSPS) is 18.4. The van der Waals surface area contributed by atoms with Gasteiger partial charge in [-0.3, -0.25) is 9.78 Å². The molecule has 1 aromatic carbocycles. The first kappa shape index (κ1) is 15.8. The number of pyridine rings is 1. The van der Waals surface area contributed by atoms with Gasteiger partial charge >= 0.3 is 0 Å². The van der Waals surface area contributed by atoms with Gasteiger partial charge in [-0.25, -0.2) is 0 Å². The summed E-state index contributed by atoms with van der Waals surface area (Å²) in [5, 5.41) is 0. The summed E-state index contributed by atoms with van der Waals surface area (Å²) in [5.41, 5.74) is 4.20. The minimum atomic E-state index is 0. The molecule has 0 aliphatic carbocycles. The summed E-state index contributed by atoms with van der Waals surface area (Å²) in [5.74, 6) is 1.02. The highest BCUT2D eigenvalue weighted by Gasteiger charge is 2.37. The lowest BCUT2D eigenvalue weighted by Gasteiger charge is -2.40. The van der Waals surface area contributed by atoms with Crippen LogP contribution in [-0.4, -0.2) is 28.9 Å². The third-order valence-corrected chi connectivity index (χ3v) is 4.55. The molecule has 0 N–H and O–H groups in total. The minimum absolute atomic E-state index is 0. The van der Waals surface area contributed by atoms with E-state index in [4.69, 9.17) is 4.74 Å². The quantitative estimate of drug-likeness (QED) is 0.849. The van der Waals surface area contributed by atoms with Crippen LogP contribution >= 0.6 is 12.4 Å². The van der Waals surface area contributed by atoms with E-state index in [2.05, 4.69) is 17.1 Å². The largest absolute Gasteiger partial charge is 0.494 e. The molecule has 4 rings (SSSR count). The molecule has 2 aliphatic rings. The molecule has 1 aromatic heterocycles. The van der Waals surface area contributed by atoms with E-state index >= 15 is 0 Å². The molecule has 0 saturated carbocycles. The van der Waals surface area contributed by atoms with E-state index in [-0.39, 0.29) is 24.4 Å². The Bertz CT molecular complexity index is 748. The van der Waals surface area contributed by atoms with Crippen molar-refractivity contribution in [1.29, 1.82) is 0 Å². The van der Waals surface area contributed by atoms with Crippen molar-refractivity contribution >= 4 is 18.3 Å². The molecule has 0 radical (unpaired) electrons. The van der Waals surface area contributed by atoms with Crippen LogP contribution in [0.3, 0.4) is 0 Å². The number of halogens is 1. The molecule has 120 valence electrons. The van der Waals surface area contributed by atoms with E-state index in [1.54, 1.807) is 6.20 Å². The fourth-order valence-electron chi connectivity index (χ4n) is 3.54. The molecule has 0 saturated heterocycles. The molecule has 0 bridgehead atoms. The number of benzene rings is 1. The Morgan fingerprint density at radius 3 is 3.04 bits per heavy atom. The van der Waals surface area contributed by atoms with Crippen LogP contribution in [0, 0.1) is 0 Å². The highest BCUT2D eigenvalue weighted by molar-refractivity contribution is 5.96. The van der Waals surface area contributed by atoms with Gasteiger partial charge in [0.15, 0.2) is 0 Å². The molecule has 0 fully saturated rings. The molecule has 5 heteroatoms. The molecule has 1 unspecified atom stereocenters. The summed E-state index contributed by atoms with van der Waals surface area (Å²) in [6.07, 6.45) is 3.45. The highest BCUT2D eigenvalue weighted by atomic mass is 35.5. The maximum atomic E-state index is 12.7. The predicted molar refractivity (Wildman–Crippen MR) is 90.3 cm³/mol. The van der Waals surface area contributed by atoms with E-state index in [0.717, 1.165) is 36.4 Å². The number of hydrogen-bond donors (Lipinski definition) is 0. The van der Waals surface area contributed by atoms with E-state index in [1.165, 1.54) is 11.1 Å². The van der Waals surface area contributed by atoms with Crippen molar-refractivity contribution in [2.24, 2.45) is 0 Å². The van der Waals surface area contributed by atoms with Crippen molar-refractivity contribution in [1.82, 2.24) is 9.88 Å². The van der Waals surface area contributed by atoms with E-state index < -0.39 is 0 Å². The van der Waals surface area contributed by atoms with Crippen molar-refractivity contribution in [3.05, 3.63) is 58.9 Å². The number of aromatic nitrogens is 1. The first-order valence-corrected chi connectivity index (χ1v) is 7.78. The second kappa shape index (κ2) is 6.20. The summed E-state index contributed by atoms with van der Waals surface area (Å²) in [6.45, 7) is 3.42. The van der Waals surface area contributed by atoms with Gasteiger partial charge < -0.3 is 9.64 Å². The van der Waals surface area contributed by atoms with Gasteiger partial charge in [0.1, 0.15) is 5.75 Å². The molecule has 3 heterocycles. The van der Waals surface area contributed by atoms with E-state index in [0.29, 0.717) is 6.61 Å². The minimum Gasteiger partial charge on any atom is -0.494 e. The van der Waals surface area contributed by atoms with Gasteiger partial charge in [-0.05, 0) is 48.7 Å². The number of ether oxygens (including phenoxy) is 1. The topological polar surface area (TPSA) is 42.4 Å². The summed E-state index contributed by atoms with van der Waals surface area (Å²) < 4.78 is 5.59. The molecule has 2 aromatic rings. The first-order valence-electron chi connectivity index (χ1n) is 7.78. The zero-order valence-corrected chi connectivity index (χ0v) is 13.8. The van der Waals surface area contributed by atoms with Crippen LogP contribution in [0.25, 0.3) is 0 Å². The van der Waals surface area contributed by atoms with Crippen LogP contribution in [-0.2, 0) is 12.8 Å². The Morgan fingerprint density at radius 1 is 1.35 bits per heavy atom. The fourth-order valence-corrected chi connectivity index (χ4v) is 3.54. The Hall–Kier alpha value is -2.07. The standard InChI is InChI=1S/C18H18N2O2.ClH/c1-2-22-13-5-6-14-12(10-13)7-9-20-17(14)11-16-15(18(20)21)4-3-8-19-16;/h3-6,8,10,17H,2,7,9,11H2,1H3;1H. The van der Waals surface area contributed by atoms with E-state index in [9.17, 15) is 4.79 Å². The summed E-state index contributed by atoms with van der Waals surface area (Å²) in [6, 6.07) is 10.1. The lowest BCUT2D eigenvalue weighted by Crippen LogP contribution is -2.44. The first-order chi connectivity index (χ1) is 10.8. The molecule has 23 heavy (non-hydrogen) atoms. The lowest BCUT2D eigenvalue weighted by molar-refractivity contribution is 0.0628. The SMILES string of the molecule is CCOc1ccc2c(c1)CCN1C(=O)c3cccnc3CC21.Cl. The van der Waals surface area contributed by atoms with Crippen molar-refractivity contribution in [2.75, 3.05) is 13.2 Å². The molecular formula is C18H19ClN2O2. The number of carbonyl (C=O) groups excluding carboxylic acids is 1. The van der Waals surface area contributed by atoms with Crippen LogP contribution in [0.1, 0.15) is 40.1 Å². The average molecular weight is 331 g/mol. The third kappa shape index (κ3) is 2.57. The zero-order chi connectivity index (χ0) is 15.1. The average Bonchev–Trinajstić information content (AvgIpc) is 2.55.